The van der Waals surface area contributed by atoms with E-state index in [0.717, 1.165) is 5.56 Å². The molecule has 1 aliphatic rings. The van der Waals surface area contributed by atoms with E-state index < -0.39 is 9.05 Å². The normalized spacial score (nSPS) is 14.6. The third-order valence-electron chi connectivity index (χ3n) is 1.90. The van der Waals surface area contributed by atoms with Gasteiger partial charge in [0, 0.05) is 16.2 Å². The van der Waals surface area contributed by atoms with E-state index in [4.69, 9.17) is 15.4 Å². The van der Waals surface area contributed by atoms with Crippen molar-refractivity contribution in [2.24, 2.45) is 0 Å². The molecule has 0 radical (unpaired) electrons. The summed E-state index contributed by atoms with van der Waals surface area (Å²) in [4.78, 5) is 0.0908. The van der Waals surface area contributed by atoms with E-state index in [1.165, 1.54) is 12.1 Å². The van der Waals surface area contributed by atoms with Gasteiger partial charge in [-0.3, -0.25) is 0 Å². The van der Waals surface area contributed by atoms with E-state index >= 15 is 0 Å². The molecule has 0 saturated heterocycles. The van der Waals surface area contributed by atoms with Crippen molar-refractivity contribution in [1.82, 2.24) is 0 Å². The smallest absolute Gasteiger partial charge is 0.261 e. The van der Waals surface area contributed by atoms with Gasteiger partial charge in [-0.05, 0) is 24.3 Å². The van der Waals surface area contributed by atoms with Gasteiger partial charge in [-0.1, -0.05) is 6.08 Å². The van der Waals surface area contributed by atoms with Gasteiger partial charge < -0.3 is 4.74 Å². The lowest BCUT2D eigenvalue weighted by molar-refractivity contribution is 0.358. The minimum Gasteiger partial charge on any atom is -0.489 e. The fourth-order valence-electron chi connectivity index (χ4n) is 1.25. The average molecular weight is 231 g/mol. The molecule has 0 N–H and O–H groups in total. The second kappa shape index (κ2) is 3.29. The van der Waals surface area contributed by atoms with Crippen molar-refractivity contribution in [2.75, 3.05) is 6.61 Å². The van der Waals surface area contributed by atoms with Crippen LogP contribution in [0.25, 0.3) is 6.08 Å². The van der Waals surface area contributed by atoms with Gasteiger partial charge in [0.2, 0.25) is 0 Å². The largest absolute Gasteiger partial charge is 0.489 e. The van der Waals surface area contributed by atoms with Crippen LogP contribution < -0.4 is 4.74 Å². The molecule has 1 aromatic carbocycles. The maximum Gasteiger partial charge on any atom is 0.261 e. The van der Waals surface area contributed by atoms with E-state index in [-0.39, 0.29) is 4.90 Å². The van der Waals surface area contributed by atoms with Gasteiger partial charge in [-0.25, -0.2) is 8.42 Å². The van der Waals surface area contributed by atoms with E-state index in [0.29, 0.717) is 12.4 Å². The van der Waals surface area contributed by atoms with Crippen molar-refractivity contribution in [3.8, 4) is 5.75 Å². The fraction of sp³-hybridized carbons (Fsp3) is 0.111. The van der Waals surface area contributed by atoms with E-state index in [9.17, 15) is 8.42 Å². The first-order valence-electron chi connectivity index (χ1n) is 3.95. The first-order chi connectivity index (χ1) is 6.57. The van der Waals surface area contributed by atoms with Crippen LogP contribution in [-0.4, -0.2) is 15.0 Å². The summed E-state index contributed by atoms with van der Waals surface area (Å²) >= 11 is 0. The predicted molar refractivity (Wildman–Crippen MR) is 54.0 cm³/mol. The maximum absolute atomic E-state index is 11.0. The van der Waals surface area contributed by atoms with Crippen LogP contribution in [0.5, 0.6) is 5.75 Å². The molecule has 0 aromatic heterocycles. The number of hydrogen-bond acceptors (Lipinski definition) is 3. The van der Waals surface area contributed by atoms with Crippen molar-refractivity contribution in [1.29, 1.82) is 0 Å². The number of rotatable bonds is 1. The lowest BCUT2D eigenvalue weighted by atomic mass is 10.1. The van der Waals surface area contributed by atoms with Crippen LogP contribution >= 0.6 is 10.7 Å². The predicted octanol–water partition coefficient (Wildman–Crippen LogP) is 2.02. The highest BCUT2D eigenvalue weighted by molar-refractivity contribution is 8.13. The van der Waals surface area contributed by atoms with Gasteiger partial charge >= 0.3 is 0 Å². The Labute approximate surface area is 86.4 Å². The molecule has 14 heavy (non-hydrogen) atoms. The van der Waals surface area contributed by atoms with Crippen LogP contribution in [0.3, 0.4) is 0 Å². The molecular formula is C9H7ClO3S. The lowest BCUT2D eigenvalue weighted by Crippen LogP contribution is -2.01. The van der Waals surface area contributed by atoms with Crippen LogP contribution in [0.1, 0.15) is 5.56 Å². The fourth-order valence-corrected chi connectivity index (χ4v) is 2.04. The standard InChI is InChI=1S/C9H7ClO3S/c10-14(11,12)8-3-4-9-7(6-8)2-1-5-13-9/h1-4,6H,5H2. The zero-order chi connectivity index (χ0) is 10.2. The molecule has 0 bridgehead atoms. The lowest BCUT2D eigenvalue weighted by Gasteiger charge is -2.12. The summed E-state index contributed by atoms with van der Waals surface area (Å²) in [7, 11) is 1.55. The molecule has 3 nitrogen and oxygen atoms in total. The molecule has 2 rings (SSSR count). The Kier molecular flexibility index (Phi) is 2.25. The Balaban J connectivity index is 2.56. The summed E-state index contributed by atoms with van der Waals surface area (Å²) in [6.07, 6.45) is 3.62. The van der Waals surface area contributed by atoms with Gasteiger partial charge in [0.1, 0.15) is 12.4 Å². The molecule has 74 valence electrons. The van der Waals surface area contributed by atoms with Crippen LogP contribution in [-0.2, 0) is 9.05 Å². The molecule has 1 aromatic rings. The van der Waals surface area contributed by atoms with Gasteiger partial charge in [-0.15, -0.1) is 0 Å². The van der Waals surface area contributed by atoms with Gasteiger partial charge in [-0.2, -0.15) is 0 Å². The molecule has 0 fully saturated rings. The van der Waals surface area contributed by atoms with Gasteiger partial charge in [0.15, 0.2) is 0 Å². The Hall–Kier alpha value is -1.00. The monoisotopic (exact) mass is 230 g/mol. The van der Waals surface area contributed by atoms with Crippen molar-refractivity contribution in [2.45, 2.75) is 4.90 Å². The molecule has 0 aliphatic carbocycles. The van der Waals surface area contributed by atoms with Gasteiger partial charge in [0.05, 0.1) is 4.90 Å². The third kappa shape index (κ3) is 1.76. The second-order valence-corrected chi connectivity index (χ2v) is 5.42. The molecule has 1 aliphatic heterocycles. The number of fused-ring (bicyclic) bond motifs is 1. The van der Waals surface area contributed by atoms with Crippen LogP contribution in [0.4, 0.5) is 0 Å². The molecular weight excluding hydrogens is 224 g/mol. The summed E-state index contributed by atoms with van der Waals surface area (Å²) in [6, 6.07) is 4.53. The molecule has 0 saturated carbocycles. The molecule has 0 atom stereocenters. The minimum absolute atomic E-state index is 0.0908. The summed E-state index contributed by atoms with van der Waals surface area (Å²) in [5.74, 6) is 0.677. The van der Waals surface area contributed by atoms with Crippen molar-refractivity contribution in [3.63, 3.8) is 0 Å². The quantitative estimate of drug-likeness (QED) is 0.694. The number of ether oxygens (including phenoxy) is 1. The zero-order valence-corrected chi connectivity index (χ0v) is 8.68. The summed E-state index contributed by atoms with van der Waals surface area (Å²) in [5, 5.41) is 0. The van der Waals surface area contributed by atoms with Gasteiger partial charge in [0.25, 0.3) is 9.05 Å². The third-order valence-corrected chi connectivity index (χ3v) is 3.25. The number of hydrogen-bond donors (Lipinski definition) is 0. The Morgan fingerprint density at radius 1 is 1.36 bits per heavy atom. The van der Waals surface area contributed by atoms with Crippen LogP contribution in [0.15, 0.2) is 29.2 Å². The van der Waals surface area contributed by atoms with E-state index in [1.807, 2.05) is 12.2 Å². The Morgan fingerprint density at radius 3 is 2.86 bits per heavy atom. The minimum atomic E-state index is -3.65. The zero-order valence-electron chi connectivity index (χ0n) is 7.10. The second-order valence-electron chi connectivity index (χ2n) is 2.85. The average Bonchev–Trinajstić information content (AvgIpc) is 2.16. The number of halogens is 1. The first kappa shape index (κ1) is 9.55. The topological polar surface area (TPSA) is 43.4 Å². The molecule has 5 heteroatoms. The van der Waals surface area contributed by atoms with Crippen LogP contribution in [0.2, 0.25) is 0 Å². The highest BCUT2D eigenvalue weighted by Gasteiger charge is 2.13. The van der Waals surface area contributed by atoms with Crippen molar-refractivity contribution < 1.29 is 13.2 Å². The maximum atomic E-state index is 11.0. The SMILES string of the molecule is O=S(=O)(Cl)c1ccc2c(c1)C=CCO2. The molecule has 0 spiro atoms. The Morgan fingerprint density at radius 2 is 2.14 bits per heavy atom. The highest BCUT2D eigenvalue weighted by Crippen LogP contribution is 2.27. The van der Waals surface area contributed by atoms with E-state index in [2.05, 4.69) is 0 Å². The summed E-state index contributed by atoms with van der Waals surface area (Å²) in [6.45, 7) is 0.514. The van der Waals surface area contributed by atoms with Crippen LogP contribution in [0, 0.1) is 0 Å². The van der Waals surface area contributed by atoms with E-state index in [1.54, 1.807) is 6.07 Å². The summed E-state index contributed by atoms with van der Waals surface area (Å²) < 4.78 is 27.3. The number of benzene rings is 1. The highest BCUT2D eigenvalue weighted by atomic mass is 35.7. The molecule has 0 amide bonds. The summed E-state index contributed by atoms with van der Waals surface area (Å²) in [5.41, 5.74) is 0.734. The van der Waals surface area contributed by atoms with Crippen molar-refractivity contribution in [3.05, 3.63) is 29.8 Å². The van der Waals surface area contributed by atoms with Crippen molar-refractivity contribution >= 4 is 25.8 Å². The first-order valence-corrected chi connectivity index (χ1v) is 6.26. The molecule has 0 unspecified atom stereocenters. The molecule has 1 heterocycles. The Bertz CT molecular complexity index is 491.